The van der Waals surface area contributed by atoms with Gasteiger partial charge in [0.2, 0.25) is 0 Å². The van der Waals surface area contributed by atoms with Crippen molar-refractivity contribution in [1.82, 2.24) is 0 Å². The minimum absolute atomic E-state index is 0.390. The highest BCUT2D eigenvalue weighted by Gasteiger charge is 2.19. The summed E-state index contributed by atoms with van der Waals surface area (Å²) in [6.07, 6.45) is 0.743. The van der Waals surface area contributed by atoms with Crippen molar-refractivity contribution in [2.45, 2.75) is 6.92 Å². The van der Waals surface area contributed by atoms with Crippen LogP contribution in [0.5, 0.6) is 0 Å². The van der Waals surface area contributed by atoms with Crippen LogP contribution < -0.4 is 9.80 Å². The standard InChI is InChI=1S/C16H18N2O2/c1-13-3-2-4-14(11-13)17-7-9-18(10-8-17)16-6-5-15(12-19)20-16/h2-6,11-12H,7-10H2,1H3. The Morgan fingerprint density at radius 2 is 1.80 bits per heavy atom. The largest absolute Gasteiger partial charge is 0.438 e. The molecule has 4 nitrogen and oxygen atoms in total. The van der Waals surface area contributed by atoms with Gasteiger partial charge in [-0.3, -0.25) is 4.79 Å². The summed E-state index contributed by atoms with van der Waals surface area (Å²) in [7, 11) is 0. The molecule has 1 aliphatic heterocycles. The number of hydrogen-bond donors (Lipinski definition) is 0. The average Bonchev–Trinajstić information content (AvgIpc) is 2.96. The number of aldehydes is 1. The molecule has 0 atom stereocenters. The van der Waals surface area contributed by atoms with Crippen LogP contribution in [0, 0.1) is 6.92 Å². The van der Waals surface area contributed by atoms with E-state index in [1.807, 2.05) is 6.07 Å². The van der Waals surface area contributed by atoms with Crippen LogP contribution in [0.2, 0.25) is 0 Å². The third kappa shape index (κ3) is 2.54. The van der Waals surface area contributed by atoms with Gasteiger partial charge in [0.1, 0.15) is 0 Å². The van der Waals surface area contributed by atoms with E-state index in [0.717, 1.165) is 38.3 Å². The molecule has 0 bridgehead atoms. The van der Waals surface area contributed by atoms with Crippen molar-refractivity contribution in [1.29, 1.82) is 0 Å². The summed E-state index contributed by atoms with van der Waals surface area (Å²) in [6.45, 7) is 5.84. The highest BCUT2D eigenvalue weighted by atomic mass is 16.4. The van der Waals surface area contributed by atoms with Crippen molar-refractivity contribution in [3.05, 3.63) is 47.7 Å². The van der Waals surface area contributed by atoms with Crippen molar-refractivity contribution < 1.29 is 9.21 Å². The summed E-state index contributed by atoms with van der Waals surface area (Å²) in [5.41, 5.74) is 2.56. The first-order valence-electron chi connectivity index (χ1n) is 6.88. The quantitative estimate of drug-likeness (QED) is 0.804. The smallest absolute Gasteiger partial charge is 0.196 e. The van der Waals surface area contributed by atoms with Gasteiger partial charge in [0, 0.05) is 37.9 Å². The Balaban J connectivity index is 1.66. The van der Waals surface area contributed by atoms with Gasteiger partial charge < -0.3 is 14.2 Å². The fraction of sp³-hybridized carbons (Fsp3) is 0.312. The van der Waals surface area contributed by atoms with E-state index in [-0.39, 0.29) is 0 Å². The van der Waals surface area contributed by atoms with Crippen molar-refractivity contribution in [2.75, 3.05) is 36.0 Å². The zero-order chi connectivity index (χ0) is 13.9. The molecule has 0 aliphatic carbocycles. The predicted molar refractivity (Wildman–Crippen MR) is 79.7 cm³/mol. The average molecular weight is 270 g/mol. The van der Waals surface area contributed by atoms with Gasteiger partial charge in [0.05, 0.1) is 0 Å². The van der Waals surface area contributed by atoms with Gasteiger partial charge in [-0.05, 0) is 30.7 Å². The van der Waals surface area contributed by atoms with Gasteiger partial charge >= 0.3 is 0 Å². The molecule has 1 aliphatic rings. The summed E-state index contributed by atoms with van der Waals surface area (Å²) >= 11 is 0. The maximum absolute atomic E-state index is 10.7. The van der Waals surface area contributed by atoms with Gasteiger partial charge in [-0.15, -0.1) is 0 Å². The number of benzene rings is 1. The Morgan fingerprint density at radius 1 is 1.05 bits per heavy atom. The number of carbonyl (C=O) groups excluding carboxylic acids is 1. The first-order chi connectivity index (χ1) is 9.76. The molecule has 20 heavy (non-hydrogen) atoms. The summed E-state index contributed by atoms with van der Waals surface area (Å²) < 4.78 is 5.47. The molecule has 2 aromatic rings. The molecule has 4 heteroatoms. The third-order valence-corrected chi connectivity index (χ3v) is 3.69. The van der Waals surface area contributed by atoms with E-state index >= 15 is 0 Å². The van der Waals surface area contributed by atoms with Crippen LogP contribution in [0.25, 0.3) is 0 Å². The van der Waals surface area contributed by atoms with E-state index in [0.29, 0.717) is 5.76 Å². The molecule has 1 aromatic heterocycles. The number of anilines is 2. The molecule has 0 saturated carbocycles. The number of hydrogen-bond acceptors (Lipinski definition) is 4. The van der Waals surface area contributed by atoms with Gasteiger partial charge in [-0.2, -0.15) is 0 Å². The molecule has 1 saturated heterocycles. The second kappa shape index (κ2) is 5.41. The molecule has 1 aromatic carbocycles. The lowest BCUT2D eigenvalue weighted by Gasteiger charge is -2.36. The van der Waals surface area contributed by atoms with Gasteiger partial charge in [-0.25, -0.2) is 0 Å². The molecule has 104 valence electrons. The van der Waals surface area contributed by atoms with Gasteiger partial charge in [0.15, 0.2) is 17.9 Å². The lowest BCUT2D eigenvalue weighted by molar-refractivity contribution is 0.110. The molecule has 0 N–H and O–H groups in total. The lowest BCUT2D eigenvalue weighted by atomic mass is 10.2. The van der Waals surface area contributed by atoms with Crippen LogP contribution in [0.15, 0.2) is 40.8 Å². The first kappa shape index (κ1) is 12.8. The van der Waals surface area contributed by atoms with Crippen molar-refractivity contribution in [2.24, 2.45) is 0 Å². The maximum atomic E-state index is 10.7. The number of carbonyl (C=O) groups is 1. The maximum Gasteiger partial charge on any atom is 0.196 e. The summed E-state index contributed by atoms with van der Waals surface area (Å²) in [4.78, 5) is 15.2. The van der Waals surface area contributed by atoms with E-state index in [9.17, 15) is 4.79 Å². The number of piperazine rings is 1. The summed E-state index contributed by atoms with van der Waals surface area (Å²) in [6, 6.07) is 12.2. The predicted octanol–water partition coefficient (Wildman–Crippen LogP) is 2.73. The molecular weight excluding hydrogens is 252 g/mol. The SMILES string of the molecule is Cc1cccc(N2CCN(c3ccc(C=O)o3)CC2)c1. The van der Waals surface area contributed by atoms with Gasteiger partial charge in [-0.1, -0.05) is 12.1 Å². The van der Waals surface area contributed by atoms with Crippen molar-refractivity contribution in [3.8, 4) is 0 Å². The Labute approximate surface area is 118 Å². The molecule has 0 amide bonds. The van der Waals surface area contributed by atoms with Crippen LogP contribution in [-0.4, -0.2) is 32.5 Å². The number of rotatable bonds is 3. The Bertz CT molecular complexity index is 598. The molecule has 1 fully saturated rings. The fourth-order valence-corrected chi connectivity index (χ4v) is 2.59. The molecule has 2 heterocycles. The van der Waals surface area contributed by atoms with E-state index < -0.39 is 0 Å². The van der Waals surface area contributed by atoms with Crippen LogP contribution in [-0.2, 0) is 0 Å². The second-order valence-corrected chi connectivity index (χ2v) is 5.11. The zero-order valence-corrected chi connectivity index (χ0v) is 11.6. The Morgan fingerprint density at radius 3 is 2.45 bits per heavy atom. The van der Waals surface area contributed by atoms with Crippen molar-refractivity contribution in [3.63, 3.8) is 0 Å². The lowest BCUT2D eigenvalue weighted by Crippen LogP contribution is -2.46. The van der Waals surface area contributed by atoms with Crippen LogP contribution in [0.4, 0.5) is 11.6 Å². The van der Waals surface area contributed by atoms with Crippen LogP contribution >= 0.6 is 0 Å². The summed E-state index contributed by atoms with van der Waals surface area (Å²) in [5, 5.41) is 0. The number of furan rings is 1. The molecule has 3 rings (SSSR count). The third-order valence-electron chi connectivity index (χ3n) is 3.69. The zero-order valence-electron chi connectivity index (χ0n) is 11.6. The molecular formula is C16H18N2O2. The van der Waals surface area contributed by atoms with Gasteiger partial charge in [0.25, 0.3) is 0 Å². The van der Waals surface area contributed by atoms with E-state index in [1.54, 1.807) is 6.07 Å². The topological polar surface area (TPSA) is 36.7 Å². The monoisotopic (exact) mass is 270 g/mol. The number of aryl methyl sites for hydroxylation is 1. The Kier molecular flexibility index (Phi) is 3.46. The van der Waals surface area contributed by atoms with Crippen LogP contribution in [0.3, 0.4) is 0 Å². The minimum Gasteiger partial charge on any atom is -0.438 e. The number of nitrogens with zero attached hydrogens (tertiary/aromatic N) is 2. The van der Waals surface area contributed by atoms with E-state index in [1.165, 1.54) is 11.3 Å². The normalized spacial score (nSPS) is 15.4. The molecule has 0 spiro atoms. The molecule has 0 unspecified atom stereocenters. The van der Waals surface area contributed by atoms with Crippen molar-refractivity contribution >= 4 is 17.9 Å². The van der Waals surface area contributed by atoms with E-state index in [4.69, 9.17) is 4.42 Å². The summed E-state index contributed by atoms with van der Waals surface area (Å²) in [5.74, 6) is 1.18. The van der Waals surface area contributed by atoms with E-state index in [2.05, 4.69) is 41.0 Å². The Hall–Kier alpha value is -2.23. The fourth-order valence-electron chi connectivity index (χ4n) is 2.59. The first-order valence-corrected chi connectivity index (χ1v) is 6.88. The van der Waals surface area contributed by atoms with Crippen LogP contribution in [0.1, 0.15) is 16.1 Å². The second-order valence-electron chi connectivity index (χ2n) is 5.11. The molecule has 0 radical (unpaired) electrons. The highest BCUT2D eigenvalue weighted by Crippen LogP contribution is 2.22. The minimum atomic E-state index is 0.390. The highest BCUT2D eigenvalue weighted by molar-refractivity contribution is 5.71.